The molecular formula is C57H44N8. The zero-order valence-electron chi connectivity index (χ0n) is 35.8. The van der Waals surface area contributed by atoms with E-state index >= 15 is 0 Å². The highest BCUT2D eigenvalue weighted by Gasteiger charge is 2.22. The van der Waals surface area contributed by atoms with E-state index in [1.165, 1.54) is 16.2 Å². The van der Waals surface area contributed by atoms with Crippen LogP contribution in [0.1, 0.15) is 24.2 Å². The predicted octanol–water partition coefficient (Wildman–Crippen LogP) is 13.8. The van der Waals surface area contributed by atoms with Crippen LogP contribution in [0.5, 0.6) is 0 Å². The highest BCUT2D eigenvalue weighted by Crippen LogP contribution is 2.38. The largest absolute Gasteiger partial charge is 0.379 e. The summed E-state index contributed by atoms with van der Waals surface area (Å²) in [5.41, 5.74) is 13.8. The number of aromatic nitrogens is 6. The van der Waals surface area contributed by atoms with E-state index in [1.54, 1.807) is 0 Å². The molecule has 8 nitrogen and oxygen atoms in total. The Kier molecular flexibility index (Phi) is 9.41. The molecule has 0 saturated carbocycles. The predicted molar refractivity (Wildman–Crippen MR) is 269 cm³/mol. The van der Waals surface area contributed by atoms with Crippen LogP contribution in [0.2, 0.25) is 0 Å². The molecule has 1 atom stereocenters. The fourth-order valence-corrected chi connectivity index (χ4v) is 9.57. The molecule has 0 fully saturated rings. The minimum absolute atomic E-state index is 0.270. The molecule has 312 valence electrons. The fraction of sp³-hybridized carbons (Fsp3) is 0.0702. The number of rotatable bonds is 9. The summed E-state index contributed by atoms with van der Waals surface area (Å²) in [6, 6.07) is 53.8. The maximum absolute atomic E-state index is 4.94. The van der Waals surface area contributed by atoms with Gasteiger partial charge in [-0.25, -0.2) is 4.98 Å². The smallest absolute Gasteiger partial charge is 0.169 e. The number of aryl methyl sites for hydroxylation is 1. The lowest BCUT2D eigenvalue weighted by Gasteiger charge is -2.16. The summed E-state index contributed by atoms with van der Waals surface area (Å²) in [4.78, 5) is 4.92. The first-order valence-corrected chi connectivity index (χ1v) is 22.2. The summed E-state index contributed by atoms with van der Waals surface area (Å²) in [5.74, 6) is 1.57. The van der Waals surface area contributed by atoms with Gasteiger partial charge in [-0.05, 0) is 135 Å². The van der Waals surface area contributed by atoms with Gasteiger partial charge in [0.15, 0.2) is 11.6 Å². The Morgan fingerprint density at radius 1 is 0.554 bits per heavy atom. The summed E-state index contributed by atoms with van der Waals surface area (Å²) in [6.45, 7) is 2.17. The van der Waals surface area contributed by atoms with Crippen molar-refractivity contribution in [3.05, 3.63) is 218 Å². The van der Waals surface area contributed by atoms with Gasteiger partial charge in [0, 0.05) is 79.1 Å². The highest BCUT2D eigenvalue weighted by atomic mass is 15.3. The average Bonchev–Trinajstić information content (AvgIpc) is 3.96. The average molecular weight is 841 g/mol. The topological polar surface area (TPSA) is 77.5 Å². The van der Waals surface area contributed by atoms with Crippen LogP contribution in [0.4, 0.5) is 17.1 Å². The van der Waals surface area contributed by atoms with Crippen molar-refractivity contribution in [2.45, 2.75) is 25.8 Å². The summed E-state index contributed by atoms with van der Waals surface area (Å²) < 4.78 is 6.84. The van der Waals surface area contributed by atoms with Gasteiger partial charge < -0.3 is 15.2 Å². The third-order valence-electron chi connectivity index (χ3n) is 12.6. The molecule has 0 radical (unpaired) electrons. The first-order chi connectivity index (χ1) is 32.1. The second kappa shape index (κ2) is 16.0. The normalized spacial score (nSPS) is 14.9. The second-order valence-corrected chi connectivity index (χ2v) is 16.7. The number of allylic oxidation sites excluding steroid dienone is 8. The van der Waals surface area contributed by atoms with Gasteiger partial charge in [-0.2, -0.15) is 0 Å². The third-order valence-corrected chi connectivity index (χ3v) is 12.6. The highest BCUT2D eigenvalue weighted by molar-refractivity contribution is 6.11. The lowest BCUT2D eigenvalue weighted by molar-refractivity contribution is 0.884. The van der Waals surface area contributed by atoms with Crippen LogP contribution in [-0.2, 0) is 0 Å². The molecule has 0 amide bonds. The van der Waals surface area contributed by atoms with Gasteiger partial charge in [0.1, 0.15) is 5.65 Å². The monoisotopic (exact) mass is 840 g/mol. The molecular weight excluding hydrogens is 797 g/mol. The number of nitrogens with one attached hydrogen (secondary N) is 2. The molecule has 10 aromatic rings. The zero-order chi connectivity index (χ0) is 43.3. The quantitative estimate of drug-likeness (QED) is 0.151. The SMILES string of the molecule is Cc1cc(-n2c3ccccc3c3cc(Nc4ccccc4)ccc32)ccc1-c1nnc(C2=CCC=C(n3c4ccc(NC5C=CC=CC5)cc4c4cccnc43)C=C2)n1-c1ccccc1. The summed E-state index contributed by atoms with van der Waals surface area (Å²) in [5, 5.41) is 21.9. The van der Waals surface area contributed by atoms with E-state index in [9.17, 15) is 0 Å². The zero-order valence-corrected chi connectivity index (χ0v) is 35.8. The second-order valence-electron chi connectivity index (χ2n) is 16.7. The lowest BCUT2D eigenvalue weighted by Crippen LogP contribution is -2.16. The lowest BCUT2D eigenvalue weighted by atomic mass is 10.1. The molecule has 1 unspecified atom stereocenters. The van der Waals surface area contributed by atoms with Gasteiger partial charge in [0.05, 0.1) is 16.6 Å². The number of anilines is 3. The Hall–Kier alpha value is -8.49. The number of benzene rings is 6. The Morgan fingerprint density at radius 2 is 1.29 bits per heavy atom. The molecule has 2 N–H and O–H groups in total. The van der Waals surface area contributed by atoms with Crippen molar-refractivity contribution in [1.29, 1.82) is 0 Å². The third kappa shape index (κ3) is 6.83. The summed E-state index contributed by atoms with van der Waals surface area (Å²) >= 11 is 0. The molecule has 6 aromatic carbocycles. The molecule has 4 aromatic heterocycles. The van der Waals surface area contributed by atoms with Crippen molar-refractivity contribution < 1.29 is 0 Å². The number of para-hydroxylation sites is 3. The molecule has 12 rings (SSSR count). The van der Waals surface area contributed by atoms with Crippen LogP contribution in [0, 0.1) is 6.92 Å². The molecule has 4 heterocycles. The number of pyridine rings is 1. The molecule has 8 heteroatoms. The van der Waals surface area contributed by atoms with E-state index in [0.29, 0.717) is 6.42 Å². The first-order valence-electron chi connectivity index (χ1n) is 22.2. The van der Waals surface area contributed by atoms with Crippen LogP contribution >= 0.6 is 0 Å². The Labute approximate surface area is 376 Å². The molecule has 0 spiro atoms. The van der Waals surface area contributed by atoms with E-state index in [2.05, 4.69) is 201 Å². The van der Waals surface area contributed by atoms with Gasteiger partial charge in [-0.1, -0.05) is 91.1 Å². The van der Waals surface area contributed by atoms with E-state index < -0.39 is 0 Å². The van der Waals surface area contributed by atoms with Gasteiger partial charge in [0.25, 0.3) is 0 Å². The van der Waals surface area contributed by atoms with Gasteiger partial charge in [-0.3, -0.25) is 9.13 Å². The van der Waals surface area contributed by atoms with E-state index in [-0.39, 0.29) is 6.04 Å². The Morgan fingerprint density at radius 3 is 2.14 bits per heavy atom. The van der Waals surface area contributed by atoms with Crippen molar-refractivity contribution in [1.82, 2.24) is 28.9 Å². The van der Waals surface area contributed by atoms with Crippen molar-refractivity contribution in [2.24, 2.45) is 0 Å². The van der Waals surface area contributed by atoms with Crippen LogP contribution in [0.25, 0.3) is 77.8 Å². The summed E-state index contributed by atoms with van der Waals surface area (Å²) in [6.07, 6.45) is 21.1. The van der Waals surface area contributed by atoms with Crippen LogP contribution in [-0.4, -0.2) is 34.9 Å². The number of hydrogen-bond acceptors (Lipinski definition) is 5. The van der Waals surface area contributed by atoms with E-state index in [1.807, 2.05) is 36.5 Å². The first kappa shape index (κ1) is 38.2. The maximum Gasteiger partial charge on any atom is 0.169 e. The van der Waals surface area contributed by atoms with Crippen molar-refractivity contribution in [2.75, 3.05) is 10.6 Å². The standard InChI is InChI=1S/C57H44N8/c1-38-35-46(63-52-25-12-11-23-48(52)50-36-42(27-32-53(50)63)59-40-16-5-2-6-17-40)30-31-47(38)57-62-61-55(65(57)44-20-9-4-10-21-44)39-15-13-22-45(29-26-39)64-54-33-28-43(60-41-18-7-3-8-19-41)37-51(54)49-24-14-34-58-56(49)64/h2-12,14-18,20-37,41,59-60H,13,19H2,1H3. The molecule has 65 heavy (non-hydrogen) atoms. The molecule has 2 aliphatic carbocycles. The minimum Gasteiger partial charge on any atom is -0.379 e. The van der Waals surface area contributed by atoms with Crippen LogP contribution in [0.3, 0.4) is 0 Å². The molecule has 0 aliphatic heterocycles. The fourth-order valence-electron chi connectivity index (χ4n) is 9.57. The van der Waals surface area contributed by atoms with Gasteiger partial charge in [-0.15, -0.1) is 10.2 Å². The number of hydrogen-bond donors (Lipinski definition) is 2. The van der Waals surface area contributed by atoms with E-state index in [0.717, 1.165) is 96.5 Å². The van der Waals surface area contributed by atoms with Gasteiger partial charge in [0.2, 0.25) is 0 Å². The van der Waals surface area contributed by atoms with Crippen molar-refractivity contribution >= 4 is 72.1 Å². The molecule has 0 bridgehead atoms. The molecule has 0 saturated heterocycles. The summed E-state index contributed by atoms with van der Waals surface area (Å²) in [7, 11) is 0. The number of nitrogens with zero attached hydrogens (tertiary/aromatic N) is 6. The maximum atomic E-state index is 4.94. The van der Waals surface area contributed by atoms with Gasteiger partial charge >= 0.3 is 0 Å². The van der Waals surface area contributed by atoms with Crippen molar-refractivity contribution in [3.8, 4) is 22.8 Å². The molecule has 2 aliphatic rings. The number of fused-ring (bicyclic) bond motifs is 6. The Balaban J connectivity index is 0.898. The Bertz CT molecular complexity index is 3620. The van der Waals surface area contributed by atoms with Crippen LogP contribution < -0.4 is 10.6 Å². The van der Waals surface area contributed by atoms with Crippen molar-refractivity contribution in [3.63, 3.8) is 0 Å². The minimum atomic E-state index is 0.270. The van der Waals surface area contributed by atoms with Crippen LogP contribution in [0.15, 0.2) is 206 Å². The van der Waals surface area contributed by atoms with E-state index in [4.69, 9.17) is 15.2 Å².